The Hall–Kier alpha value is -1.21. The lowest BCUT2D eigenvalue weighted by atomic mass is 9.83. The lowest BCUT2D eigenvalue weighted by molar-refractivity contribution is 0.149. The minimum atomic E-state index is 0.215. The number of alkyl halides is 1. The first-order valence-electron chi connectivity index (χ1n) is 7.49. The van der Waals surface area contributed by atoms with Gasteiger partial charge in [0.1, 0.15) is 11.5 Å². The van der Waals surface area contributed by atoms with E-state index in [4.69, 9.17) is 14.7 Å². The Morgan fingerprint density at radius 3 is 2.38 bits per heavy atom. The van der Waals surface area contributed by atoms with Crippen LogP contribution in [0.25, 0.3) is 0 Å². The van der Waals surface area contributed by atoms with Crippen LogP contribution in [0.4, 0.5) is 0 Å². The van der Waals surface area contributed by atoms with Crippen LogP contribution in [0.15, 0.2) is 18.2 Å². The molecule has 4 heteroatoms. The van der Waals surface area contributed by atoms with E-state index in [1.165, 1.54) is 38.5 Å². The summed E-state index contributed by atoms with van der Waals surface area (Å²) < 4.78 is 11.2. The van der Waals surface area contributed by atoms with Crippen molar-refractivity contribution >= 4 is 15.9 Å². The average molecular weight is 352 g/mol. The highest BCUT2D eigenvalue weighted by Gasteiger charge is 2.30. The van der Waals surface area contributed by atoms with Gasteiger partial charge in [0.2, 0.25) is 0 Å². The predicted octanol–water partition coefficient (Wildman–Crippen LogP) is 4.68. The second-order valence-corrected chi connectivity index (χ2v) is 6.41. The summed E-state index contributed by atoms with van der Waals surface area (Å²) in [5.74, 6) is 1.38. The van der Waals surface area contributed by atoms with E-state index < -0.39 is 0 Å². The number of ether oxygens (including phenoxy) is 2. The van der Waals surface area contributed by atoms with Crippen molar-refractivity contribution in [1.82, 2.24) is 0 Å². The Balaban J connectivity index is 2.08. The van der Waals surface area contributed by atoms with E-state index in [0.717, 1.165) is 11.1 Å². The highest BCUT2D eigenvalue weighted by molar-refractivity contribution is 9.09. The molecule has 0 unspecified atom stereocenters. The van der Waals surface area contributed by atoms with Crippen LogP contribution in [0, 0.1) is 16.7 Å². The molecule has 0 N–H and O–H groups in total. The molecule has 0 bridgehead atoms. The highest BCUT2D eigenvalue weighted by Crippen LogP contribution is 2.37. The van der Waals surface area contributed by atoms with Gasteiger partial charge < -0.3 is 9.47 Å². The number of rotatable bonds is 5. The van der Waals surface area contributed by atoms with Crippen LogP contribution in [-0.4, -0.2) is 19.0 Å². The zero-order chi connectivity index (χ0) is 15.1. The molecule has 2 rings (SSSR count). The van der Waals surface area contributed by atoms with Crippen molar-refractivity contribution in [3.05, 3.63) is 23.8 Å². The third-order valence-electron chi connectivity index (χ3n) is 4.24. The molecule has 0 heterocycles. The number of nitriles is 1. The van der Waals surface area contributed by atoms with E-state index in [0.29, 0.717) is 17.9 Å². The molecule has 0 saturated heterocycles. The molecular weight excluding hydrogens is 330 g/mol. The van der Waals surface area contributed by atoms with Crippen LogP contribution in [-0.2, 0) is 0 Å². The zero-order valence-corrected chi connectivity index (χ0v) is 14.1. The van der Waals surface area contributed by atoms with Gasteiger partial charge in [-0.15, -0.1) is 0 Å². The topological polar surface area (TPSA) is 42.2 Å². The summed E-state index contributed by atoms with van der Waals surface area (Å²) in [6.45, 7) is 0.691. The predicted molar refractivity (Wildman–Crippen MR) is 87.1 cm³/mol. The van der Waals surface area contributed by atoms with Gasteiger partial charge in [-0.05, 0) is 25.0 Å². The van der Waals surface area contributed by atoms with Crippen molar-refractivity contribution in [2.24, 2.45) is 5.41 Å². The number of hydrogen-bond donors (Lipinski definition) is 0. The number of benzene rings is 1. The molecule has 1 aromatic rings. The number of hydrogen-bond acceptors (Lipinski definition) is 3. The van der Waals surface area contributed by atoms with Gasteiger partial charge in [-0.25, -0.2) is 0 Å². The maximum Gasteiger partial charge on any atom is 0.124 e. The summed E-state index contributed by atoms with van der Waals surface area (Å²) in [6, 6.07) is 7.49. The summed E-state index contributed by atoms with van der Waals surface area (Å²) in [6.07, 6.45) is 7.60. The maximum atomic E-state index is 9.06. The Bertz CT molecular complexity index is 502. The van der Waals surface area contributed by atoms with Crippen LogP contribution in [0.3, 0.4) is 0 Å². The Labute approximate surface area is 135 Å². The maximum absolute atomic E-state index is 9.06. The van der Waals surface area contributed by atoms with Gasteiger partial charge in [0.05, 0.1) is 25.3 Å². The average Bonchev–Trinajstić information content (AvgIpc) is 2.78. The van der Waals surface area contributed by atoms with Crippen molar-refractivity contribution in [3.8, 4) is 17.6 Å². The number of nitrogens with zero attached hydrogens (tertiary/aromatic N) is 1. The lowest BCUT2D eigenvalue weighted by Crippen LogP contribution is -2.30. The molecule has 0 aromatic heterocycles. The van der Waals surface area contributed by atoms with E-state index >= 15 is 0 Å². The molecule has 1 saturated carbocycles. The van der Waals surface area contributed by atoms with Gasteiger partial charge in [-0.1, -0.05) is 41.6 Å². The zero-order valence-electron chi connectivity index (χ0n) is 12.5. The fraction of sp³-hybridized carbons (Fsp3) is 0.588. The fourth-order valence-electron chi connectivity index (χ4n) is 2.87. The molecule has 0 radical (unpaired) electrons. The fourth-order valence-corrected chi connectivity index (χ4v) is 3.59. The van der Waals surface area contributed by atoms with Gasteiger partial charge in [0, 0.05) is 16.8 Å². The highest BCUT2D eigenvalue weighted by atomic mass is 79.9. The van der Waals surface area contributed by atoms with Crippen molar-refractivity contribution in [3.63, 3.8) is 0 Å². The summed E-state index contributed by atoms with van der Waals surface area (Å²) in [7, 11) is 1.60. The van der Waals surface area contributed by atoms with Crippen LogP contribution in [0.5, 0.6) is 11.5 Å². The summed E-state index contributed by atoms with van der Waals surface area (Å²) >= 11 is 3.68. The summed E-state index contributed by atoms with van der Waals surface area (Å²) in [5.41, 5.74) is 0.782. The lowest BCUT2D eigenvalue weighted by Gasteiger charge is -2.30. The first-order valence-corrected chi connectivity index (χ1v) is 8.61. The number of methoxy groups -OCH3 is 1. The Morgan fingerprint density at radius 1 is 1.14 bits per heavy atom. The Morgan fingerprint density at radius 2 is 1.81 bits per heavy atom. The van der Waals surface area contributed by atoms with Crippen molar-refractivity contribution in [2.45, 2.75) is 38.5 Å². The van der Waals surface area contributed by atoms with Gasteiger partial charge in [0.15, 0.2) is 0 Å². The minimum Gasteiger partial charge on any atom is -0.497 e. The van der Waals surface area contributed by atoms with Crippen LogP contribution in [0.1, 0.15) is 44.1 Å². The molecule has 0 atom stereocenters. The van der Waals surface area contributed by atoms with Crippen LogP contribution >= 0.6 is 15.9 Å². The van der Waals surface area contributed by atoms with Gasteiger partial charge in [-0.2, -0.15) is 5.26 Å². The van der Waals surface area contributed by atoms with E-state index in [1.807, 2.05) is 6.07 Å². The minimum absolute atomic E-state index is 0.215. The molecule has 1 aromatic carbocycles. The molecule has 21 heavy (non-hydrogen) atoms. The third-order valence-corrected chi connectivity index (χ3v) is 5.43. The standard InChI is InChI=1S/C17H22BrNO2/c1-20-15-8-14(11-19)9-16(10-15)21-13-17(12-18)6-4-2-3-5-7-17/h8-10H,2-7,12-13H2,1H3. The Kier molecular flexibility index (Phi) is 5.93. The molecule has 3 nitrogen and oxygen atoms in total. The largest absolute Gasteiger partial charge is 0.497 e. The summed E-state index contributed by atoms with van der Waals surface area (Å²) in [5, 5.41) is 10.0. The van der Waals surface area contributed by atoms with E-state index in [9.17, 15) is 0 Å². The second-order valence-electron chi connectivity index (χ2n) is 5.85. The van der Waals surface area contributed by atoms with E-state index in [2.05, 4.69) is 22.0 Å². The van der Waals surface area contributed by atoms with Gasteiger partial charge in [0.25, 0.3) is 0 Å². The first kappa shape index (κ1) is 16.2. The smallest absolute Gasteiger partial charge is 0.124 e. The van der Waals surface area contributed by atoms with Crippen molar-refractivity contribution in [2.75, 3.05) is 19.0 Å². The van der Waals surface area contributed by atoms with Crippen molar-refractivity contribution in [1.29, 1.82) is 5.26 Å². The molecule has 1 fully saturated rings. The molecule has 1 aliphatic rings. The van der Waals surface area contributed by atoms with Crippen LogP contribution in [0.2, 0.25) is 0 Å². The van der Waals surface area contributed by atoms with Crippen LogP contribution < -0.4 is 9.47 Å². The molecular formula is C17H22BrNO2. The molecule has 114 valence electrons. The van der Waals surface area contributed by atoms with Gasteiger partial charge in [-0.3, -0.25) is 0 Å². The summed E-state index contributed by atoms with van der Waals surface area (Å²) in [4.78, 5) is 0. The molecule has 0 amide bonds. The van der Waals surface area contributed by atoms with Gasteiger partial charge >= 0.3 is 0 Å². The monoisotopic (exact) mass is 351 g/mol. The molecule has 0 spiro atoms. The van der Waals surface area contributed by atoms with E-state index in [-0.39, 0.29) is 5.41 Å². The first-order chi connectivity index (χ1) is 10.2. The normalized spacial score (nSPS) is 17.6. The molecule has 1 aliphatic carbocycles. The number of halogens is 1. The van der Waals surface area contributed by atoms with E-state index in [1.54, 1.807) is 19.2 Å². The molecule has 0 aliphatic heterocycles. The van der Waals surface area contributed by atoms with Crippen molar-refractivity contribution < 1.29 is 9.47 Å². The quantitative estimate of drug-likeness (QED) is 0.571. The third kappa shape index (κ3) is 4.38. The second kappa shape index (κ2) is 7.70. The SMILES string of the molecule is COc1cc(C#N)cc(OCC2(CBr)CCCCCC2)c1.